The lowest BCUT2D eigenvalue weighted by molar-refractivity contribution is -0.133. The fraction of sp³-hybridized carbons (Fsp3) is 0.357. The van der Waals surface area contributed by atoms with Crippen LogP contribution in [0.25, 0.3) is 0 Å². The third-order valence-electron chi connectivity index (χ3n) is 2.93. The van der Waals surface area contributed by atoms with Crippen molar-refractivity contribution in [2.45, 2.75) is 17.1 Å². The van der Waals surface area contributed by atoms with E-state index in [1.807, 2.05) is 13.0 Å². The van der Waals surface area contributed by atoms with Crippen molar-refractivity contribution in [1.29, 1.82) is 0 Å². The van der Waals surface area contributed by atoms with E-state index < -0.39 is 5.97 Å². The molecule has 1 aromatic rings. The number of aliphatic carboxylic acids is 1. The number of amides is 2. The first-order valence-electron chi connectivity index (χ1n) is 6.66. The highest BCUT2D eigenvalue weighted by Gasteiger charge is 2.23. The first-order chi connectivity index (χ1) is 10.5. The van der Waals surface area contributed by atoms with Gasteiger partial charge in [0.15, 0.2) is 0 Å². The van der Waals surface area contributed by atoms with Gasteiger partial charge in [0.25, 0.3) is 5.91 Å². The maximum atomic E-state index is 12.0. The summed E-state index contributed by atoms with van der Waals surface area (Å²) < 4.78 is 0. The Hall–Kier alpha value is -1.67. The molecule has 1 atom stereocenters. The third-order valence-corrected chi connectivity index (χ3v) is 5.05. The highest BCUT2D eigenvalue weighted by Crippen LogP contribution is 2.35. The Bertz CT molecular complexity index is 607. The van der Waals surface area contributed by atoms with Gasteiger partial charge in [0, 0.05) is 22.8 Å². The fourth-order valence-corrected chi connectivity index (χ4v) is 3.34. The lowest BCUT2D eigenvalue weighted by Crippen LogP contribution is -2.28. The molecule has 22 heavy (non-hydrogen) atoms. The van der Waals surface area contributed by atoms with E-state index in [2.05, 4.69) is 10.6 Å². The van der Waals surface area contributed by atoms with Crippen LogP contribution in [-0.2, 0) is 9.59 Å². The van der Waals surface area contributed by atoms with Crippen LogP contribution in [0.3, 0.4) is 0 Å². The molecule has 0 aliphatic carbocycles. The van der Waals surface area contributed by atoms with Gasteiger partial charge in [0.05, 0.1) is 16.7 Å². The van der Waals surface area contributed by atoms with Crippen molar-refractivity contribution in [3.05, 3.63) is 23.8 Å². The van der Waals surface area contributed by atoms with Gasteiger partial charge in [-0.2, -0.15) is 0 Å². The van der Waals surface area contributed by atoms with Gasteiger partial charge in [0.2, 0.25) is 5.91 Å². The molecule has 0 saturated heterocycles. The molecule has 1 aliphatic rings. The molecule has 0 fully saturated rings. The quantitative estimate of drug-likeness (QED) is 0.682. The number of carbonyl (C=O) groups excluding carboxylic acids is 2. The Balaban J connectivity index is 1.90. The summed E-state index contributed by atoms with van der Waals surface area (Å²) in [7, 11) is 0. The minimum absolute atomic E-state index is 0.0240. The maximum absolute atomic E-state index is 12.0. The van der Waals surface area contributed by atoms with Crippen LogP contribution in [0.15, 0.2) is 23.1 Å². The zero-order valence-corrected chi connectivity index (χ0v) is 13.6. The molecule has 1 aliphatic heterocycles. The Labute approximate surface area is 136 Å². The number of carboxylic acids is 1. The van der Waals surface area contributed by atoms with Crippen LogP contribution in [0, 0.1) is 0 Å². The van der Waals surface area contributed by atoms with Crippen molar-refractivity contribution in [1.82, 2.24) is 5.32 Å². The van der Waals surface area contributed by atoms with Crippen LogP contribution < -0.4 is 10.6 Å². The van der Waals surface area contributed by atoms with Gasteiger partial charge in [-0.15, -0.1) is 23.5 Å². The number of nitrogens with one attached hydrogen (secondary N) is 2. The van der Waals surface area contributed by atoms with E-state index in [9.17, 15) is 14.4 Å². The van der Waals surface area contributed by atoms with E-state index >= 15 is 0 Å². The second-order valence-electron chi connectivity index (χ2n) is 4.66. The highest BCUT2D eigenvalue weighted by atomic mass is 32.2. The van der Waals surface area contributed by atoms with Crippen molar-refractivity contribution in [3.8, 4) is 0 Å². The summed E-state index contributed by atoms with van der Waals surface area (Å²) >= 11 is 2.71. The molecular weight excluding hydrogens is 324 g/mol. The average molecular weight is 340 g/mol. The van der Waals surface area contributed by atoms with Crippen molar-refractivity contribution < 1.29 is 19.5 Å². The first-order valence-corrected chi connectivity index (χ1v) is 8.70. The smallest absolute Gasteiger partial charge is 0.313 e. The normalized spacial score (nSPS) is 16.6. The van der Waals surface area contributed by atoms with Crippen LogP contribution in [0.4, 0.5) is 5.69 Å². The molecule has 0 aromatic heterocycles. The molecule has 0 radical (unpaired) electrons. The van der Waals surface area contributed by atoms with Gasteiger partial charge < -0.3 is 15.7 Å². The van der Waals surface area contributed by atoms with Crippen LogP contribution in [0.2, 0.25) is 0 Å². The minimum Gasteiger partial charge on any atom is -0.481 e. The monoisotopic (exact) mass is 340 g/mol. The number of fused-ring (bicyclic) bond motifs is 1. The molecule has 1 aromatic carbocycles. The minimum atomic E-state index is -0.867. The molecule has 0 saturated carbocycles. The number of carboxylic acid groups (broad SMARTS) is 1. The average Bonchev–Trinajstić information content (AvgIpc) is 2.47. The molecular formula is C14H16N2O4S2. The Morgan fingerprint density at radius 3 is 2.95 bits per heavy atom. The standard InChI is InChI=1S/C14H16N2O4S2/c1-8-13(19)16-10-6-9(2-3-11(10)22-8)14(20)15-4-5-21-7-12(17)18/h2-3,6,8H,4-5,7H2,1H3,(H,15,20)(H,16,19)(H,17,18). The van der Waals surface area contributed by atoms with E-state index in [-0.39, 0.29) is 22.8 Å². The molecule has 1 heterocycles. The van der Waals surface area contributed by atoms with E-state index in [0.29, 0.717) is 23.5 Å². The van der Waals surface area contributed by atoms with Crippen LogP contribution in [-0.4, -0.2) is 46.2 Å². The lowest BCUT2D eigenvalue weighted by atomic mass is 10.1. The summed E-state index contributed by atoms with van der Waals surface area (Å²) in [6.45, 7) is 2.23. The van der Waals surface area contributed by atoms with E-state index in [4.69, 9.17) is 5.11 Å². The van der Waals surface area contributed by atoms with Crippen LogP contribution in [0.5, 0.6) is 0 Å². The van der Waals surface area contributed by atoms with E-state index in [0.717, 1.165) is 4.90 Å². The van der Waals surface area contributed by atoms with Gasteiger partial charge in [0.1, 0.15) is 0 Å². The second kappa shape index (κ2) is 7.55. The van der Waals surface area contributed by atoms with Crippen LogP contribution in [0.1, 0.15) is 17.3 Å². The predicted octanol–water partition coefficient (Wildman–Crippen LogP) is 1.67. The predicted molar refractivity (Wildman–Crippen MR) is 87.7 cm³/mol. The molecule has 0 spiro atoms. The largest absolute Gasteiger partial charge is 0.481 e. The molecule has 3 N–H and O–H groups in total. The second-order valence-corrected chi connectivity index (χ2v) is 7.15. The Morgan fingerprint density at radius 2 is 2.23 bits per heavy atom. The lowest BCUT2D eigenvalue weighted by Gasteiger charge is -2.21. The van der Waals surface area contributed by atoms with E-state index in [1.54, 1.807) is 12.1 Å². The van der Waals surface area contributed by atoms with Crippen LogP contribution >= 0.6 is 23.5 Å². The summed E-state index contributed by atoms with van der Waals surface area (Å²) in [6, 6.07) is 5.20. The number of anilines is 1. The highest BCUT2D eigenvalue weighted by molar-refractivity contribution is 8.01. The number of thioether (sulfide) groups is 2. The third kappa shape index (κ3) is 4.41. The molecule has 2 amide bonds. The number of hydrogen-bond donors (Lipinski definition) is 3. The summed E-state index contributed by atoms with van der Waals surface area (Å²) in [5.74, 6) is -0.617. The van der Waals surface area contributed by atoms with Crippen molar-refractivity contribution in [2.24, 2.45) is 0 Å². The number of rotatable bonds is 6. The Morgan fingerprint density at radius 1 is 1.45 bits per heavy atom. The van der Waals surface area contributed by atoms with E-state index in [1.165, 1.54) is 23.5 Å². The van der Waals surface area contributed by atoms with Gasteiger partial charge in [-0.3, -0.25) is 14.4 Å². The summed E-state index contributed by atoms with van der Waals surface area (Å²) in [5, 5.41) is 13.9. The van der Waals surface area contributed by atoms with Gasteiger partial charge in [-0.1, -0.05) is 0 Å². The molecule has 118 valence electrons. The molecule has 6 nitrogen and oxygen atoms in total. The number of hydrogen-bond acceptors (Lipinski definition) is 5. The first kappa shape index (κ1) is 16.7. The van der Waals surface area contributed by atoms with Gasteiger partial charge in [-0.05, 0) is 25.1 Å². The zero-order chi connectivity index (χ0) is 16.1. The number of benzene rings is 1. The molecule has 2 rings (SSSR count). The Kier molecular flexibility index (Phi) is 5.73. The van der Waals surface area contributed by atoms with Crippen molar-refractivity contribution in [2.75, 3.05) is 23.4 Å². The zero-order valence-electron chi connectivity index (χ0n) is 11.9. The topological polar surface area (TPSA) is 95.5 Å². The fourth-order valence-electron chi connectivity index (χ4n) is 1.85. The van der Waals surface area contributed by atoms with Crippen molar-refractivity contribution in [3.63, 3.8) is 0 Å². The summed E-state index contributed by atoms with van der Waals surface area (Å²) in [5.41, 5.74) is 1.12. The van der Waals surface area contributed by atoms with Crippen molar-refractivity contribution >= 4 is 47.0 Å². The van der Waals surface area contributed by atoms with Gasteiger partial charge >= 0.3 is 5.97 Å². The summed E-state index contributed by atoms with van der Waals surface area (Å²) in [6.07, 6.45) is 0. The summed E-state index contributed by atoms with van der Waals surface area (Å²) in [4.78, 5) is 35.0. The molecule has 1 unspecified atom stereocenters. The SMILES string of the molecule is CC1Sc2ccc(C(=O)NCCSCC(=O)O)cc2NC1=O. The van der Waals surface area contributed by atoms with Gasteiger partial charge in [-0.25, -0.2) is 0 Å². The number of carbonyl (C=O) groups is 3. The molecule has 0 bridgehead atoms. The maximum Gasteiger partial charge on any atom is 0.313 e. The molecule has 8 heteroatoms.